The summed E-state index contributed by atoms with van der Waals surface area (Å²) < 4.78 is 31.0. The summed E-state index contributed by atoms with van der Waals surface area (Å²) in [5.74, 6) is -0.683. The molecule has 0 unspecified atom stereocenters. The molecule has 0 aliphatic heterocycles. The van der Waals surface area contributed by atoms with Crippen LogP contribution in [0.2, 0.25) is 5.02 Å². The first-order valence-electron chi connectivity index (χ1n) is 6.62. The second-order valence-electron chi connectivity index (χ2n) is 4.92. The lowest BCUT2D eigenvalue weighted by Crippen LogP contribution is -2.13. The summed E-state index contributed by atoms with van der Waals surface area (Å²) in [6.45, 7) is 1.88. The Labute approximate surface area is 141 Å². The molecule has 0 spiro atoms. The highest BCUT2D eigenvalue weighted by Crippen LogP contribution is 2.26. The number of aromatic nitrogens is 1. The van der Waals surface area contributed by atoms with Crippen LogP contribution in [0.4, 0.5) is 0 Å². The molecule has 0 saturated heterocycles. The predicted molar refractivity (Wildman–Crippen MR) is 91.4 cm³/mol. The van der Waals surface area contributed by atoms with Gasteiger partial charge in [-0.3, -0.25) is 4.57 Å². The van der Waals surface area contributed by atoms with Gasteiger partial charge in [-0.1, -0.05) is 29.3 Å². The van der Waals surface area contributed by atoms with Gasteiger partial charge in [-0.25, -0.2) is 13.2 Å². The number of benzene rings is 2. The van der Waals surface area contributed by atoms with Gasteiger partial charge < -0.3 is 4.42 Å². The lowest BCUT2D eigenvalue weighted by atomic mass is 10.2. The minimum atomic E-state index is -3.56. The van der Waals surface area contributed by atoms with Gasteiger partial charge in [-0.15, -0.1) is 0 Å². The van der Waals surface area contributed by atoms with Crippen LogP contribution in [0.25, 0.3) is 11.1 Å². The van der Waals surface area contributed by atoms with Crippen LogP contribution in [0.3, 0.4) is 0 Å². The van der Waals surface area contributed by atoms with E-state index >= 15 is 0 Å². The van der Waals surface area contributed by atoms with Crippen molar-refractivity contribution in [3.05, 3.63) is 63.6 Å². The second kappa shape index (κ2) is 6.07. The molecule has 0 saturated carbocycles. The molecule has 0 amide bonds. The summed E-state index contributed by atoms with van der Waals surface area (Å²) in [7, 11) is -2.89. The summed E-state index contributed by atoms with van der Waals surface area (Å²) in [5.41, 5.74) is 1.81. The van der Waals surface area contributed by atoms with Gasteiger partial charge in [0, 0.05) is 11.1 Å². The van der Waals surface area contributed by atoms with Crippen molar-refractivity contribution in [1.82, 2.24) is 4.57 Å². The molecule has 2 aromatic carbocycles. The maximum atomic E-state index is 12.3. The van der Waals surface area contributed by atoms with E-state index in [0.29, 0.717) is 26.9 Å². The van der Waals surface area contributed by atoms with Crippen LogP contribution >= 0.6 is 22.4 Å². The monoisotopic (exact) mass is 369 g/mol. The Bertz CT molecular complexity index is 1020. The second-order valence-corrected chi connectivity index (χ2v) is 9.26. The van der Waals surface area contributed by atoms with Crippen molar-refractivity contribution in [2.24, 2.45) is 0 Å². The van der Waals surface area contributed by atoms with Crippen LogP contribution < -0.4 is 5.76 Å². The standard InChI is InChI=1S/C15H12ClNO4S2/c1-10-2-5-12(6-3-10)23(19,20)22-9-17-13-7-4-11(16)8-14(13)21-15(17)18/h2-8H,9H2,1H3. The van der Waals surface area contributed by atoms with Gasteiger partial charge in [-0.05, 0) is 42.0 Å². The molecule has 0 aliphatic carbocycles. The fourth-order valence-electron chi connectivity index (χ4n) is 2.06. The van der Waals surface area contributed by atoms with Crippen molar-refractivity contribution in [2.75, 3.05) is 0 Å². The van der Waals surface area contributed by atoms with Crippen molar-refractivity contribution >= 4 is 42.4 Å². The van der Waals surface area contributed by atoms with Crippen LogP contribution in [0.1, 0.15) is 5.56 Å². The van der Waals surface area contributed by atoms with Crippen molar-refractivity contribution < 1.29 is 12.8 Å². The van der Waals surface area contributed by atoms with E-state index in [4.69, 9.17) is 16.0 Å². The zero-order valence-electron chi connectivity index (χ0n) is 12.0. The van der Waals surface area contributed by atoms with Crippen molar-refractivity contribution in [3.8, 4) is 0 Å². The maximum absolute atomic E-state index is 12.3. The molecule has 0 aliphatic rings. The fraction of sp³-hybridized carbons (Fsp3) is 0.133. The van der Waals surface area contributed by atoms with E-state index in [1.807, 2.05) is 6.92 Å². The Morgan fingerprint density at radius 1 is 1.17 bits per heavy atom. The number of hydrogen-bond donors (Lipinski definition) is 0. The van der Waals surface area contributed by atoms with Gasteiger partial charge >= 0.3 is 5.76 Å². The topological polar surface area (TPSA) is 69.3 Å². The number of aryl methyl sites for hydroxylation is 1. The third-order valence-corrected chi connectivity index (χ3v) is 6.86. The van der Waals surface area contributed by atoms with Crippen molar-refractivity contribution in [3.63, 3.8) is 0 Å². The Balaban J connectivity index is 1.90. The molecule has 0 N–H and O–H groups in total. The van der Waals surface area contributed by atoms with E-state index in [1.165, 1.54) is 10.6 Å². The third-order valence-electron chi connectivity index (χ3n) is 3.28. The molecule has 120 valence electrons. The summed E-state index contributed by atoms with van der Waals surface area (Å²) >= 11 is 5.85. The summed E-state index contributed by atoms with van der Waals surface area (Å²) in [6.07, 6.45) is 0. The van der Waals surface area contributed by atoms with Crippen molar-refractivity contribution in [1.29, 1.82) is 0 Å². The first-order valence-corrected chi connectivity index (χ1v) is 9.98. The van der Waals surface area contributed by atoms with E-state index in [0.717, 1.165) is 5.56 Å². The van der Waals surface area contributed by atoms with Crippen LogP contribution in [-0.4, -0.2) is 13.0 Å². The van der Waals surface area contributed by atoms with Gasteiger partial charge in [0.05, 0.1) is 16.3 Å². The molecular weight excluding hydrogens is 358 g/mol. The number of fused-ring (bicyclic) bond motifs is 1. The van der Waals surface area contributed by atoms with E-state index in [9.17, 15) is 13.2 Å². The maximum Gasteiger partial charge on any atom is 0.420 e. The molecule has 0 fully saturated rings. The lowest BCUT2D eigenvalue weighted by molar-refractivity contribution is 0.526. The lowest BCUT2D eigenvalue weighted by Gasteiger charge is -2.05. The average Bonchev–Trinajstić information content (AvgIpc) is 2.80. The highest BCUT2D eigenvalue weighted by molar-refractivity contribution is 8.71. The van der Waals surface area contributed by atoms with Crippen LogP contribution in [0.15, 0.2) is 56.6 Å². The Morgan fingerprint density at radius 2 is 1.87 bits per heavy atom. The highest BCUT2D eigenvalue weighted by Gasteiger charge is 2.18. The summed E-state index contributed by atoms with van der Waals surface area (Å²) in [5, 5.41) is 0.443. The number of rotatable bonds is 4. The summed E-state index contributed by atoms with van der Waals surface area (Å²) in [6, 6.07) is 11.3. The first kappa shape index (κ1) is 16.2. The van der Waals surface area contributed by atoms with Gasteiger partial charge in [0.25, 0.3) is 0 Å². The molecule has 3 rings (SSSR count). The smallest absolute Gasteiger partial charge is 0.408 e. The third kappa shape index (κ3) is 3.31. The fourth-order valence-corrected chi connectivity index (χ4v) is 4.79. The van der Waals surface area contributed by atoms with Crippen LogP contribution in [-0.2, 0) is 14.7 Å². The van der Waals surface area contributed by atoms with Crippen LogP contribution in [0, 0.1) is 6.92 Å². The quantitative estimate of drug-likeness (QED) is 0.657. The number of nitrogens with zero attached hydrogens (tertiary/aromatic N) is 1. The molecule has 0 radical (unpaired) electrons. The normalized spacial score (nSPS) is 11.9. The average molecular weight is 370 g/mol. The molecular formula is C15H12ClNO4S2. The van der Waals surface area contributed by atoms with Gasteiger partial charge in [0.2, 0.25) is 8.87 Å². The van der Waals surface area contributed by atoms with E-state index < -0.39 is 14.6 Å². The van der Waals surface area contributed by atoms with Gasteiger partial charge in [0.15, 0.2) is 5.58 Å². The van der Waals surface area contributed by atoms with Crippen molar-refractivity contribution in [2.45, 2.75) is 17.7 Å². The SMILES string of the molecule is Cc1ccc(S(=O)(=O)SCn2c(=O)oc3cc(Cl)ccc32)cc1. The number of hydrogen-bond acceptors (Lipinski definition) is 5. The molecule has 1 aromatic heterocycles. The molecule has 3 aromatic rings. The molecule has 8 heteroatoms. The zero-order chi connectivity index (χ0) is 16.6. The Kier molecular flexibility index (Phi) is 4.27. The first-order chi connectivity index (χ1) is 10.9. The predicted octanol–water partition coefficient (Wildman–Crippen LogP) is 3.64. The van der Waals surface area contributed by atoms with E-state index in [1.54, 1.807) is 36.4 Å². The largest absolute Gasteiger partial charge is 0.420 e. The Morgan fingerprint density at radius 3 is 2.57 bits per heavy atom. The molecule has 5 nitrogen and oxygen atoms in total. The number of oxazole rings is 1. The van der Waals surface area contributed by atoms with Crippen LogP contribution in [0.5, 0.6) is 0 Å². The van der Waals surface area contributed by atoms with Gasteiger partial charge in [-0.2, -0.15) is 0 Å². The molecule has 0 bridgehead atoms. The number of halogens is 1. The highest BCUT2D eigenvalue weighted by atomic mass is 35.5. The van der Waals surface area contributed by atoms with E-state index in [-0.39, 0.29) is 10.8 Å². The minimum absolute atomic E-state index is 0.0658. The molecule has 1 heterocycles. The molecule has 23 heavy (non-hydrogen) atoms. The van der Waals surface area contributed by atoms with Gasteiger partial charge in [0.1, 0.15) is 0 Å². The zero-order valence-corrected chi connectivity index (χ0v) is 14.4. The molecule has 0 atom stereocenters. The minimum Gasteiger partial charge on any atom is -0.408 e. The van der Waals surface area contributed by atoms with E-state index in [2.05, 4.69) is 0 Å². The Hall–Kier alpha value is -1.70. The summed E-state index contributed by atoms with van der Waals surface area (Å²) in [4.78, 5) is 12.1.